The van der Waals surface area contributed by atoms with Crippen molar-refractivity contribution >= 4 is 22.6 Å². The third-order valence-electron chi connectivity index (χ3n) is 5.34. The van der Waals surface area contributed by atoms with E-state index in [-0.39, 0.29) is 16.6 Å². The highest BCUT2D eigenvalue weighted by atomic mass is 16.5. The van der Waals surface area contributed by atoms with E-state index in [0.717, 1.165) is 11.1 Å². The van der Waals surface area contributed by atoms with Crippen molar-refractivity contribution in [2.75, 3.05) is 20.3 Å². The number of hydrogen-bond donors (Lipinski definition) is 2. The van der Waals surface area contributed by atoms with Gasteiger partial charge in [-0.25, -0.2) is 4.98 Å². The molecule has 0 unspecified atom stereocenters. The summed E-state index contributed by atoms with van der Waals surface area (Å²) in [5.74, 6) is -0.400. The maximum atomic E-state index is 13.2. The average molecular weight is 431 g/mol. The van der Waals surface area contributed by atoms with Crippen LogP contribution in [-0.4, -0.2) is 40.1 Å². The number of aryl methyl sites for hydroxylation is 1. The van der Waals surface area contributed by atoms with Gasteiger partial charge in [-0.3, -0.25) is 19.4 Å². The fourth-order valence-electron chi connectivity index (χ4n) is 3.60. The van der Waals surface area contributed by atoms with Crippen molar-refractivity contribution in [2.45, 2.75) is 19.9 Å². The summed E-state index contributed by atoms with van der Waals surface area (Å²) in [4.78, 5) is 30.8. The average Bonchev–Trinajstić information content (AvgIpc) is 2.80. The molecule has 1 amide bonds. The van der Waals surface area contributed by atoms with Gasteiger partial charge < -0.3 is 14.6 Å². The van der Waals surface area contributed by atoms with Crippen molar-refractivity contribution in [1.82, 2.24) is 19.3 Å². The Kier molecular flexibility index (Phi) is 6.13. The number of nitrogens with one attached hydrogen (secondary N) is 2. The van der Waals surface area contributed by atoms with Gasteiger partial charge in [0.2, 0.25) is 0 Å². The molecule has 32 heavy (non-hydrogen) atoms. The molecule has 0 bridgehead atoms. The van der Waals surface area contributed by atoms with E-state index >= 15 is 0 Å². The fraction of sp³-hybridized carbons (Fsp3) is 0.250. The third-order valence-corrected chi connectivity index (χ3v) is 5.34. The van der Waals surface area contributed by atoms with E-state index in [1.165, 1.54) is 10.5 Å². The standard InChI is InChI=1S/C24H25N5O3/c1-16-7-9-17(10-8-16)15-29-21(25)18(23(30)26-11-5-13-32-2)14-19-22(29)27-20-6-3-4-12-28(20)24(19)31/h3-4,6-10,12,14,25H,5,11,13,15H2,1-2H3,(H,26,30). The monoisotopic (exact) mass is 431 g/mol. The van der Waals surface area contributed by atoms with E-state index in [4.69, 9.17) is 10.1 Å². The van der Waals surface area contributed by atoms with Crippen LogP contribution in [0.1, 0.15) is 27.9 Å². The Hall–Kier alpha value is -3.78. The largest absolute Gasteiger partial charge is 0.385 e. The highest BCUT2D eigenvalue weighted by molar-refractivity contribution is 5.96. The van der Waals surface area contributed by atoms with Gasteiger partial charge in [0.1, 0.15) is 16.8 Å². The summed E-state index contributed by atoms with van der Waals surface area (Å²) in [6.45, 7) is 3.26. The number of benzene rings is 1. The van der Waals surface area contributed by atoms with Gasteiger partial charge in [-0.2, -0.15) is 0 Å². The normalized spacial score (nSPS) is 11.2. The molecule has 0 fully saturated rings. The number of nitrogens with zero attached hydrogens (tertiary/aromatic N) is 3. The van der Waals surface area contributed by atoms with E-state index in [1.54, 1.807) is 36.1 Å². The first kappa shape index (κ1) is 21.5. The Morgan fingerprint density at radius 3 is 2.72 bits per heavy atom. The van der Waals surface area contributed by atoms with Gasteiger partial charge in [-0.05, 0) is 37.1 Å². The van der Waals surface area contributed by atoms with Crippen LogP contribution >= 0.6 is 0 Å². The Morgan fingerprint density at radius 2 is 1.97 bits per heavy atom. The Balaban J connectivity index is 1.90. The molecule has 3 aromatic heterocycles. The molecule has 0 atom stereocenters. The second-order valence-electron chi connectivity index (χ2n) is 7.66. The highest BCUT2D eigenvalue weighted by Gasteiger charge is 2.17. The van der Waals surface area contributed by atoms with Crippen LogP contribution < -0.4 is 16.4 Å². The van der Waals surface area contributed by atoms with Crippen LogP contribution in [0.15, 0.2) is 59.5 Å². The van der Waals surface area contributed by atoms with Crippen LogP contribution in [0.4, 0.5) is 0 Å². The number of fused-ring (bicyclic) bond motifs is 2. The Labute approximate surface area is 184 Å². The molecule has 8 nitrogen and oxygen atoms in total. The quantitative estimate of drug-likeness (QED) is 0.346. The summed E-state index contributed by atoms with van der Waals surface area (Å²) in [6, 6.07) is 14.7. The molecule has 0 aliphatic carbocycles. The van der Waals surface area contributed by atoms with Gasteiger partial charge in [0.05, 0.1) is 17.5 Å². The van der Waals surface area contributed by atoms with Gasteiger partial charge >= 0.3 is 0 Å². The molecule has 8 heteroatoms. The second-order valence-corrected chi connectivity index (χ2v) is 7.66. The van der Waals surface area contributed by atoms with Crippen LogP contribution in [-0.2, 0) is 11.3 Å². The van der Waals surface area contributed by atoms with Crippen molar-refractivity contribution in [3.05, 3.63) is 87.3 Å². The number of hydrogen-bond acceptors (Lipinski definition) is 5. The van der Waals surface area contributed by atoms with Gasteiger partial charge in [0.15, 0.2) is 0 Å². The van der Waals surface area contributed by atoms with Crippen LogP contribution in [0.3, 0.4) is 0 Å². The van der Waals surface area contributed by atoms with Crippen LogP contribution in [0, 0.1) is 12.3 Å². The number of ether oxygens (including phenoxy) is 1. The molecule has 1 aromatic carbocycles. The predicted molar refractivity (Wildman–Crippen MR) is 122 cm³/mol. The minimum Gasteiger partial charge on any atom is -0.385 e. The molecule has 0 saturated heterocycles. The lowest BCUT2D eigenvalue weighted by Crippen LogP contribution is -2.35. The van der Waals surface area contributed by atoms with Crippen LogP contribution in [0.5, 0.6) is 0 Å². The number of amides is 1. The van der Waals surface area contributed by atoms with Gasteiger partial charge in [0, 0.05) is 26.5 Å². The zero-order valence-corrected chi connectivity index (χ0v) is 18.1. The summed E-state index contributed by atoms with van der Waals surface area (Å²) >= 11 is 0. The molecule has 0 saturated carbocycles. The zero-order valence-electron chi connectivity index (χ0n) is 18.1. The first-order chi connectivity index (χ1) is 15.5. The van der Waals surface area contributed by atoms with Crippen molar-refractivity contribution in [3.63, 3.8) is 0 Å². The minimum atomic E-state index is -0.400. The Bertz CT molecular complexity index is 1400. The molecular formula is C24H25N5O3. The lowest BCUT2D eigenvalue weighted by atomic mass is 10.1. The number of aromatic nitrogens is 3. The first-order valence-corrected chi connectivity index (χ1v) is 10.4. The lowest BCUT2D eigenvalue weighted by molar-refractivity contribution is 0.0946. The van der Waals surface area contributed by atoms with E-state index < -0.39 is 5.91 Å². The van der Waals surface area contributed by atoms with E-state index in [0.29, 0.717) is 42.8 Å². The van der Waals surface area contributed by atoms with E-state index in [1.807, 2.05) is 31.2 Å². The molecular weight excluding hydrogens is 406 g/mol. The van der Waals surface area contributed by atoms with E-state index in [2.05, 4.69) is 10.3 Å². The molecule has 3 heterocycles. The van der Waals surface area contributed by atoms with E-state index in [9.17, 15) is 9.59 Å². The number of methoxy groups -OCH3 is 1. The van der Waals surface area contributed by atoms with Crippen molar-refractivity contribution in [3.8, 4) is 0 Å². The fourth-order valence-corrected chi connectivity index (χ4v) is 3.60. The molecule has 4 rings (SSSR count). The molecule has 164 valence electrons. The van der Waals surface area contributed by atoms with Gasteiger partial charge in [-0.1, -0.05) is 35.9 Å². The zero-order chi connectivity index (χ0) is 22.7. The smallest absolute Gasteiger partial charge is 0.267 e. The number of carbonyl (C=O) groups is 1. The Morgan fingerprint density at radius 1 is 1.19 bits per heavy atom. The molecule has 0 spiro atoms. The summed E-state index contributed by atoms with van der Waals surface area (Å²) in [5.41, 5.74) is 2.80. The number of rotatable bonds is 7. The molecule has 0 aliphatic rings. The minimum absolute atomic E-state index is 0.00879. The summed E-state index contributed by atoms with van der Waals surface area (Å²) in [6.07, 6.45) is 2.30. The SMILES string of the molecule is COCCCNC(=O)c1cc2c(=O)n3ccccc3nc2n(Cc2ccc(C)cc2)c1=N. The predicted octanol–water partition coefficient (Wildman–Crippen LogP) is 2.25. The van der Waals surface area contributed by atoms with Crippen molar-refractivity contribution < 1.29 is 9.53 Å². The summed E-state index contributed by atoms with van der Waals surface area (Å²) in [7, 11) is 1.60. The van der Waals surface area contributed by atoms with Gasteiger partial charge in [0.25, 0.3) is 11.5 Å². The van der Waals surface area contributed by atoms with Crippen LogP contribution in [0.25, 0.3) is 16.7 Å². The molecule has 2 N–H and O–H groups in total. The second kappa shape index (κ2) is 9.15. The van der Waals surface area contributed by atoms with Gasteiger partial charge in [-0.15, -0.1) is 0 Å². The lowest BCUT2D eigenvalue weighted by Gasteiger charge is -2.15. The molecule has 0 radical (unpaired) electrons. The topological polar surface area (TPSA) is 101 Å². The molecule has 4 aromatic rings. The third kappa shape index (κ3) is 4.17. The van der Waals surface area contributed by atoms with Crippen molar-refractivity contribution in [1.29, 1.82) is 5.41 Å². The van der Waals surface area contributed by atoms with Crippen molar-refractivity contribution in [2.24, 2.45) is 0 Å². The molecule has 0 aliphatic heterocycles. The van der Waals surface area contributed by atoms with Crippen LogP contribution in [0.2, 0.25) is 0 Å². The summed E-state index contributed by atoms with van der Waals surface area (Å²) in [5, 5.41) is 11.9. The maximum Gasteiger partial charge on any atom is 0.267 e. The maximum absolute atomic E-state index is 13.2. The summed E-state index contributed by atoms with van der Waals surface area (Å²) < 4.78 is 8.09. The number of carbonyl (C=O) groups excluding carboxylic acids is 1. The first-order valence-electron chi connectivity index (χ1n) is 10.4. The number of pyridine rings is 2. The highest BCUT2D eigenvalue weighted by Crippen LogP contribution is 2.13.